The summed E-state index contributed by atoms with van der Waals surface area (Å²) in [7, 11) is -4.42. The van der Waals surface area contributed by atoms with Gasteiger partial charge in [-0.2, -0.15) is 0 Å². The van der Waals surface area contributed by atoms with Crippen LogP contribution in [0.15, 0.2) is 99.6 Å². The Morgan fingerprint density at radius 2 is 1.33 bits per heavy atom. The number of benzene rings is 3. The Morgan fingerprint density at radius 1 is 0.837 bits per heavy atom. The van der Waals surface area contributed by atoms with Gasteiger partial charge in [0.1, 0.15) is 12.4 Å². The van der Waals surface area contributed by atoms with Crippen LogP contribution in [-0.2, 0) is 40.8 Å². The van der Waals surface area contributed by atoms with Crippen LogP contribution in [0, 0.1) is 23.2 Å². The zero-order valence-corrected chi connectivity index (χ0v) is 26.7. The van der Waals surface area contributed by atoms with Gasteiger partial charge >= 0.3 is 5.97 Å². The molecular weight excluding hydrogens is 581 g/mol. The Kier molecular flexibility index (Phi) is 9.21. The van der Waals surface area contributed by atoms with Crippen molar-refractivity contribution in [1.82, 2.24) is 0 Å². The third-order valence-electron chi connectivity index (χ3n) is 8.91. The molecule has 4 saturated carbocycles. The fourth-order valence-corrected chi connectivity index (χ4v) is 9.37. The average molecular weight is 621 g/mol. The van der Waals surface area contributed by atoms with Gasteiger partial charge in [0, 0.05) is 11.8 Å². The molecule has 0 N–H and O–H groups in total. The lowest BCUT2D eigenvalue weighted by atomic mass is 9.49. The summed E-state index contributed by atoms with van der Waals surface area (Å²) in [6, 6.07) is 30.7. The number of esters is 1. The Balaban J connectivity index is 0.000000173. The van der Waals surface area contributed by atoms with Gasteiger partial charge in [-0.05, 0) is 85.4 Å². The van der Waals surface area contributed by atoms with Gasteiger partial charge < -0.3 is 9.29 Å². The standard InChI is InChI=1S/C22H23S.C13H18O6S/c1-22(2,3)18-14-16-21(17-15-18)23(19-10-6-4-7-11-19)20-12-8-5-9-13-20;14-11-9-3-8-4-10(11)7-13(5-8,6-9)12(15)19-1-2-20(16,17)18/h4-17H,1-3H3;8-10H,1-7H2,(H,16,17,18)/q+1;/p-1. The fourth-order valence-electron chi connectivity index (χ4n) is 7.00. The Morgan fingerprint density at radius 3 is 1.79 bits per heavy atom. The van der Waals surface area contributed by atoms with Crippen LogP contribution < -0.4 is 0 Å². The number of hydrogen-bond acceptors (Lipinski definition) is 6. The molecule has 2 unspecified atom stereocenters. The highest BCUT2D eigenvalue weighted by molar-refractivity contribution is 7.97. The molecule has 7 rings (SSSR count). The zero-order valence-electron chi connectivity index (χ0n) is 25.0. The molecule has 4 aliphatic rings. The van der Waals surface area contributed by atoms with Crippen molar-refractivity contribution in [1.29, 1.82) is 0 Å². The second-order valence-electron chi connectivity index (χ2n) is 13.1. The summed E-state index contributed by atoms with van der Waals surface area (Å²) >= 11 is 0. The van der Waals surface area contributed by atoms with E-state index in [1.165, 1.54) is 20.2 Å². The van der Waals surface area contributed by atoms with Gasteiger partial charge in [0.05, 0.1) is 32.2 Å². The van der Waals surface area contributed by atoms with Crippen LogP contribution in [0.2, 0.25) is 0 Å². The number of ether oxygens (including phenoxy) is 1. The summed E-state index contributed by atoms with van der Waals surface area (Å²) in [5.74, 6) is -0.487. The minimum absolute atomic E-state index is 0.0305. The highest BCUT2D eigenvalue weighted by atomic mass is 32.2. The monoisotopic (exact) mass is 620 g/mol. The molecule has 0 heterocycles. The van der Waals surface area contributed by atoms with Gasteiger partial charge in [0.25, 0.3) is 0 Å². The highest BCUT2D eigenvalue weighted by Gasteiger charge is 2.59. The lowest BCUT2D eigenvalue weighted by Gasteiger charge is -2.53. The number of rotatable bonds is 7. The van der Waals surface area contributed by atoms with Crippen LogP contribution in [-0.4, -0.2) is 37.1 Å². The second-order valence-corrected chi connectivity index (χ2v) is 16.7. The van der Waals surface area contributed by atoms with Crippen LogP contribution in [0.1, 0.15) is 58.4 Å². The topological polar surface area (TPSA) is 101 Å². The van der Waals surface area contributed by atoms with E-state index in [-0.39, 0.29) is 40.5 Å². The molecule has 2 atom stereocenters. The molecule has 0 aromatic heterocycles. The molecule has 3 aromatic carbocycles. The van der Waals surface area contributed by atoms with Gasteiger partial charge in [-0.1, -0.05) is 69.3 Å². The Bertz CT molecular complexity index is 1470. The van der Waals surface area contributed by atoms with Crippen molar-refractivity contribution in [2.75, 3.05) is 12.4 Å². The number of carbonyl (C=O) groups is 2. The molecule has 0 aliphatic heterocycles. The maximum Gasteiger partial charge on any atom is 0.312 e. The molecule has 0 spiro atoms. The van der Waals surface area contributed by atoms with Crippen molar-refractivity contribution >= 4 is 32.8 Å². The van der Waals surface area contributed by atoms with Crippen molar-refractivity contribution < 1.29 is 27.3 Å². The molecule has 4 bridgehead atoms. The number of ketones is 1. The first-order valence-corrected chi connectivity index (χ1v) is 17.7. The smallest absolute Gasteiger partial charge is 0.312 e. The van der Waals surface area contributed by atoms with E-state index in [4.69, 9.17) is 4.74 Å². The summed E-state index contributed by atoms with van der Waals surface area (Å²) in [5, 5.41) is 0. The van der Waals surface area contributed by atoms with E-state index < -0.39 is 27.3 Å². The second kappa shape index (κ2) is 12.6. The number of carbonyl (C=O) groups excluding carboxylic acids is 2. The van der Waals surface area contributed by atoms with Gasteiger partial charge in [0.2, 0.25) is 0 Å². The van der Waals surface area contributed by atoms with E-state index in [2.05, 4.69) is 106 Å². The average Bonchev–Trinajstić information content (AvgIpc) is 2.96. The molecular formula is C35H40O6S2. The van der Waals surface area contributed by atoms with Gasteiger partial charge in [-0.15, -0.1) is 0 Å². The predicted molar refractivity (Wildman–Crippen MR) is 167 cm³/mol. The lowest BCUT2D eigenvalue weighted by Crippen LogP contribution is -2.55. The highest BCUT2D eigenvalue weighted by Crippen LogP contribution is 2.59. The molecule has 8 heteroatoms. The third-order valence-corrected chi connectivity index (χ3v) is 11.8. The normalized spacial score (nSPS) is 24.4. The minimum atomic E-state index is -4.37. The Hall–Kier alpha value is -2.94. The minimum Gasteiger partial charge on any atom is -0.748 e. The van der Waals surface area contributed by atoms with Gasteiger partial charge in [-0.3, -0.25) is 9.59 Å². The van der Waals surface area contributed by atoms with Crippen LogP contribution in [0.3, 0.4) is 0 Å². The number of Topliss-reactive ketones (excluding diaryl/α,β-unsaturated/α-hetero) is 1. The maximum absolute atomic E-state index is 12.3. The van der Waals surface area contributed by atoms with E-state index in [9.17, 15) is 22.6 Å². The first-order valence-electron chi connectivity index (χ1n) is 14.9. The van der Waals surface area contributed by atoms with Crippen molar-refractivity contribution in [2.45, 2.75) is 73.0 Å². The van der Waals surface area contributed by atoms with Gasteiger partial charge in [0.15, 0.2) is 14.7 Å². The maximum atomic E-state index is 12.3. The number of hydrogen-bond donors (Lipinski definition) is 0. The van der Waals surface area contributed by atoms with E-state index in [0.717, 1.165) is 19.3 Å². The summed E-state index contributed by atoms with van der Waals surface area (Å²) in [4.78, 5) is 28.4. The molecule has 3 aromatic rings. The molecule has 0 radical (unpaired) electrons. The summed E-state index contributed by atoms with van der Waals surface area (Å²) in [6.07, 6.45) is 3.54. The van der Waals surface area contributed by atoms with Crippen molar-refractivity contribution in [2.24, 2.45) is 23.2 Å². The van der Waals surface area contributed by atoms with E-state index in [1.54, 1.807) is 0 Å². The molecule has 4 fully saturated rings. The van der Waals surface area contributed by atoms with Crippen molar-refractivity contribution in [3.05, 3.63) is 90.5 Å². The van der Waals surface area contributed by atoms with E-state index >= 15 is 0 Å². The molecule has 0 saturated heterocycles. The van der Waals surface area contributed by atoms with Crippen LogP contribution in [0.5, 0.6) is 0 Å². The van der Waals surface area contributed by atoms with Crippen LogP contribution >= 0.6 is 0 Å². The molecule has 0 amide bonds. The van der Waals surface area contributed by atoms with E-state index in [0.29, 0.717) is 18.8 Å². The van der Waals surface area contributed by atoms with Gasteiger partial charge in [-0.25, -0.2) is 8.42 Å². The largest absolute Gasteiger partial charge is 0.748 e. The summed E-state index contributed by atoms with van der Waals surface area (Å²) in [6.45, 7) is 6.39. The molecule has 228 valence electrons. The van der Waals surface area contributed by atoms with Crippen LogP contribution in [0.25, 0.3) is 0 Å². The third kappa shape index (κ3) is 7.41. The molecule has 43 heavy (non-hydrogen) atoms. The SMILES string of the molecule is CC(C)(C)c1ccc([S+](c2ccccc2)c2ccccc2)cc1.O=C1C2CC3CC1CC(C(=O)OCCS(=O)(=O)[O-])(C3)C2. The quantitative estimate of drug-likeness (QED) is 0.169. The van der Waals surface area contributed by atoms with Crippen molar-refractivity contribution in [3.8, 4) is 0 Å². The summed E-state index contributed by atoms with van der Waals surface area (Å²) in [5.41, 5.74) is 0.958. The Labute approximate surface area is 258 Å². The first kappa shape index (κ1) is 31.5. The first-order chi connectivity index (χ1) is 20.3. The van der Waals surface area contributed by atoms with Crippen molar-refractivity contribution in [3.63, 3.8) is 0 Å². The lowest BCUT2D eigenvalue weighted by molar-refractivity contribution is -0.174. The summed E-state index contributed by atoms with van der Waals surface area (Å²) < 4.78 is 36.5. The zero-order chi connectivity index (χ0) is 30.8. The van der Waals surface area contributed by atoms with Crippen LogP contribution in [0.4, 0.5) is 0 Å². The fraction of sp³-hybridized carbons (Fsp3) is 0.429. The predicted octanol–water partition coefficient (Wildman–Crippen LogP) is 6.55. The molecule has 4 aliphatic carbocycles. The molecule has 6 nitrogen and oxygen atoms in total. The van der Waals surface area contributed by atoms with E-state index in [1.807, 2.05) is 0 Å².